The number of urea groups is 1. The van der Waals surface area contributed by atoms with Crippen LogP contribution in [0.25, 0.3) is 0 Å². The molecule has 0 saturated carbocycles. The standard InChI is InChI=1S/C23H26N4O6S/c24-14-18-7-8-21(33-18)26(17-9-11-32-12-10-17)34(30,31)27(29)23(28)25-22-19-5-1-3-15(19)13-16-4-2-6-20(16)22/h7-8,13,17,27H,1-6,9-12H2,(H,25,28). The van der Waals surface area contributed by atoms with Crippen molar-refractivity contribution < 1.29 is 26.8 Å². The molecule has 1 unspecified atom stereocenters. The Morgan fingerprint density at radius 1 is 1.12 bits per heavy atom. The molecule has 1 aliphatic heterocycles. The number of ether oxygens (including phenoxy) is 1. The van der Waals surface area contributed by atoms with E-state index in [-0.39, 0.29) is 11.6 Å². The zero-order valence-corrected chi connectivity index (χ0v) is 19.4. The van der Waals surface area contributed by atoms with Gasteiger partial charge in [0.1, 0.15) is 6.07 Å². The maximum Gasteiger partial charge on any atom is 0.436 e. The van der Waals surface area contributed by atoms with E-state index in [9.17, 15) is 18.4 Å². The Morgan fingerprint density at radius 2 is 1.76 bits per heavy atom. The summed E-state index contributed by atoms with van der Waals surface area (Å²) in [6.45, 7) is 0.621. The number of hydrogen-bond acceptors (Lipinski definition) is 7. The van der Waals surface area contributed by atoms with Gasteiger partial charge in [0.2, 0.25) is 11.6 Å². The number of hydroxylamine groups is 1. The van der Waals surface area contributed by atoms with Crippen molar-refractivity contribution >= 4 is 27.8 Å². The molecule has 1 aromatic carbocycles. The maximum atomic E-state index is 13.5. The number of nitrogens with zero attached hydrogens (tertiary/aromatic N) is 2. The van der Waals surface area contributed by atoms with Crippen LogP contribution < -0.4 is 14.1 Å². The summed E-state index contributed by atoms with van der Waals surface area (Å²) < 4.78 is 36.9. The van der Waals surface area contributed by atoms with E-state index in [1.165, 1.54) is 12.1 Å². The average Bonchev–Trinajstić information content (AvgIpc) is 3.59. The van der Waals surface area contributed by atoms with Crippen molar-refractivity contribution in [2.45, 2.75) is 57.4 Å². The fraction of sp³-hybridized carbons (Fsp3) is 0.478. The number of quaternary nitrogens is 1. The fourth-order valence-electron chi connectivity index (χ4n) is 5.26. The minimum Gasteiger partial charge on any atom is -0.608 e. The zero-order chi connectivity index (χ0) is 23.9. The van der Waals surface area contributed by atoms with Gasteiger partial charge in [-0.15, -0.1) is 0 Å². The van der Waals surface area contributed by atoms with E-state index < -0.39 is 26.8 Å². The summed E-state index contributed by atoms with van der Waals surface area (Å²) in [5.41, 5.74) is 4.94. The summed E-state index contributed by atoms with van der Waals surface area (Å²) in [4.78, 5) is 13.1. The number of nitrogens with one attached hydrogen (secondary N) is 2. The van der Waals surface area contributed by atoms with Crippen molar-refractivity contribution in [1.82, 2.24) is 0 Å². The lowest BCUT2D eigenvalue weighted by Crippen LogP contribution is -3.14. The second-order valence-electron chi connectivity index (χ2n) is 8.87. The highest BCUT2D eigenvalue weighted by molar-refractivity contribution is 7.86. The molecular weight excluding hydrogens is 460 g/mol. The van der Waals surface area contributed by atoms with Gasteiger partial charge in [0.25, 0.3) is 0 Å². The number of nitriles is 1. The van der Waals surface area contributed by atoms with Gasteiger partial charge >= 0.3 is 16.2 Å². The van der Waals surface area contributed by atoms with Crippen LogP contribution in [0.5, 0.6) is 0 Å². The molecule has 0 bridgehead atoms. The minimum absolute atomic E-state index is 0.0884. The van der Waals surface area contributed by atoms with E-state index in [2.05, 4.69) is 11.4 Å². The summed E-state index contributed by atoms with van der Waals surface area (Å²) in [6.07, 6.45) is 5.99. The van der Waals surface area contributed by atoms with E-state index >= 15 is 0 Å². The SMILES string of the molecule is N#Cc1ccc(N(C2CCOCC2)S(=O)(=O)[NH+]([O-])C(=O)Nc2c3c(cc4c2CCC4)CCC3)o1. The van der Waals surface area contributed by atoms with Crippen LogP contribution in [-0.4, -0.2) is 33.7 Å². The minimum atomic E-state index is -4.77. The Balaban J connectivity index is 1.46. The summed E-state index contributed by atoms with van der Waals surface area (Å²) >= 11 is 0. The van der Waals surface area contributed by atoms with Crippen molar-refractivity contribution in [1.29, 1.82) is 5.26 Å². The van der Waals surface area contributed by atoms with E-state index in [0.29, 0.717) is 31.7 Å². The number of carbonyl (C=O) groups excluding carboxylic acids is 1. The van der Waals surface area contributed by atoms with Gasteiger partial charge in [-0.1, -0.05) is 6.07 Å². The van der Waals surface area contributed by atoms with Gasteiger partial charge in [0.05, 0.1) is 11.7 Å². The number of hydrogen-bond donors (Lipinski definition) is 2. The van der Waals surface area contributed by atoms with Gasteiger partial charge in [0, 0.05) is 19.3 Å². The summed E-state index contributed by atoms with van der Waals surface area (Å²) in [6, 6.07) is 4.85. The second kappa shape index (κ2) is 9.03. The number of anilines is 2. The predicted octanol–water partition coefficient (Wildman–Crippen LogP) is 1.97. The number of rotatable bonds is 5. The van der Waals surface area contributed by atoms with Crippen molar-refractivity contribution in [3.63, 3.8) is 0 Å². The summed E-state index contributed by atoms with van der Waals surface area (Å²) in [5, 5.41) is 24.9. The van der Waals surface area contributed by atoms with Gasteiger partial charge < -0.3 is 14.4 Å². The first-order valence-electron chi connectivity index (χ1n) is 11.5. The fourth-order valence-corrected chi connectivity index (χ4v) is 6.66. The van der Waals surface area contributed by atoms with Crippen LogP contribution in [0.2, 0.25) is 0 Å². The summed E-state index contributed by atoms with van der Waals surface area (Å²) in [7, 11) is -4.77. The normalized spacial score (nSPS) is 18.7. The molecule has 0 spiro atoms. The van der Waals surface area contributed by atoms with Gasteiger partial charge in [0.15, 0.2) is 0 Å². The van der Waals surface area contributed by atoms with Gasteiger partial charge in [-0.3, -0.25) is 5.32 Å². The first-order chi connectivity index (χ1) is 16.4. The molecule has 2 aromatic rings. The number of amides is 2. The van der Waals surface area contributed by atoms with Crippen molar-refractivity contribution in [2.75, 3.05) is 22.8 Å². The second-order valence-corrected chi connectivity index (χ2v) is 10.6. The van der Waals surface area contributed by atoms with E-state index in [0.717, 1.165) is 65.1 Å². The quantitative estimate of drug-likeness (QED) is 0.616. The molecule has 1 atom stereocenters. The Kier molecular flexibility index (Phi) is 6.07. The van der Waals surface area contributed by atoms with Gasteiger partial charge in [-0.2, -0.15) is 22.5 Å². The van der Waals surface area contributed by atoms with Gasteiger partial charge in [-0.05, 0) is 79.7 Å². The maximum absolute atomic E-state index is 13.5. The topological polar surface area (TPSA) is 140 Å². The third-order valence-corrected chi connectivity index (χ3v) is 8.48. The largest absolute Gasteiger partial charge is 0.608 e. The highest BCUT2D eigenvalue weighted by Gasteiger charge is 2.41. The molecule has 1 aromatic heterocycles. The lowest BCUT2D eigenvalue weighted by Gasteiger charge is -2.34. The number of carbonyl (C=O) groups is 1. The number of furan rings is 1. The van der Waals surface area contributed by atoms with Gasteiger partial charge in [-0.25, -0.2) is 4.79 Å². The molecule has 3 aliphatic rings. The van der Waals surface area contributed by atoms with Crippen LogP contribution in [0.1, 0.15) is 53.7 Å². The molecule has 2 aliphatic carbocycles. The molecule has 34 heavy (non-hydrogen) atoms. The number of benzene rings is 1. The Labute approximate surface area is 197 Å². The smallest absolute Gasteiger partial charge is 0.436 e. The molecule has 11 heteroatoms. The Morgan fingerprint density at radius 3 is 2.35 bits per heavy atom. The zero-order valence-electron chi connectivity index (χ0n) is 18.6. The molecule has 1 saturated heterocycles. The van der Waals surface area contributed by atoms with E-state index in [1.54, 1.807) is 0 Å². The molecule has 10 nitrogen and oxygen atoms in total. The molecular formula is C23H26N4O6S. The van der Waals surface area contributed by atoms with Crippen LogP contribution in [0, 0.1) is 16.5 Å². The number of fused-ring (bicyclic) bond motifs is 2. The van der Waals surface area contributed by atoms with E-state index in [4.69, 9.17) is 14.4 Å². The Hall–Kier alpha value is -2.91. The molecule has 5 rings (SSSR count). The first kappa shape index (κ1) is 22.9. The molecule has 2 N–H and O–H groups in total. The first-order valence-corrected chi connectivity index (χ1v) is 13.0. The summed E-state index contributed by atoms with van der Waals surface area (Å²) in [5.74, 6) is -0.249. The lowest BCUT2D eigenvalue weighted by atomic mass is 9.99. The van der Waals surface area contributed by atoms with Crippen LogP contribution in [0.4, 0.5) is 16.4 Å². The highest BCUT2D eigenvalue weighted by atomic mass is 32.2. The lowest BCUT2D eigenvalue weighted by molar-refractivity contribution is -0.604. The molecule has 180 valence electrons. The molecule has 1 fully saturated rings. The van der Waals surface area contributed by atoms with E-state index in [1.807, 2.05) is 6.07 Å². The third kappa shape index (κ3) is 3.96. The van der Waals surface area contributed by atoms with Crippen LogP contribution in [0.3, 0.4) is 0 Å². The Bertz CT molecular complexity index is 1230. The van der Waals surface area contributed by atoms with Crippen molar-refractivity contribution in [3.8, 4) is 6.07 Å². The third-order valence-electron chi connectivity index (χ3n) is 6.83. The average molecular weight is 487 g/mol. The van der Waals surface area contributed by atoms with Crippen molar-refractivity contribution in [3.05, 3.63) is 51.4 Å². The van der Waals surface area contributed by atoms with Crippen LogP contribution in [-0.2, 0) is 40.6 Å². The number of aryl methyl sites for hydroxylation is 2. The molecule has 2 heterocycles. The predicted molar refractivity (Wildman–Crippen MR) is 123 cm³/mol. The van der Waals surface area contributed by atoms with Crippen molar-refractivity contribution in [2.24, 2.45) is 0 Å². The molecule has 0 radical (unpaired) electrons. The highest BCUT2D eigenvalue weighted by Crippen LogP contribution is 2.38. The van der Waals surface area contributed by atoms with Crippen LogP contribution in [0.15, 0.2) is 22.6 Å². The molecule has 2 amide bonds. The monoisotopic (exact) mass is 486 g/mol. The van der Waals surface area contributed by atoms with Crippen LogP contribution >= 0.6 is 0 Å².